The van der Waals surface area contributed by atoms with Gasteiger partial charge in [0.25, 0.3) is 0 Å². The third kappa shape index (κ3) is 4.81. The summed E-state index contributed by atoms with van der Waals surface area (Å²) in [4.78, 5) is 21.5. The zero-order chi connectivity index (χ0) is 9.56. The van der Waals surface area contributed by atoms with Crippen molar-refractivity contribution >= 4 is 11.9 Å². The predicted octanol–water partition coefficient (Wildman–Crippen LogP) is -0.858. The molecule has 70 valence electrons. The van der Waals surface area contributed by atoms with Gasteiger partial charge in [0.15, 0.2) is 0 Å². The molecule has 0 heterocycles. The summed E-state index contributed by atoms with van der Waals surface area (Å²) in [5.74, 6) is -1.26. The summed E-state index contributed by atoms with van der Waals surface area (Å²) in [6.45, 7) is 1.86. The van der Waals surface area contributed by atoms with Gasteiger partial charge < -0.3 is 16.2 Å². The van der Waals surface area contributed by atoms with E-state index in [0.29, 0.717) is 13.0 Å². The van der Waals surface area contributed by atoms with Gasteiger partial charge in [-0.1, -0.05) is 0 Å². The van der Waals surface area contributed by atoms with Crippen LogP contribution in [0.5, 0.6) is 0 Å². The third-order valence-electron chi connectivity index (χ3n) is 1.17. The van der Waals surface area contributed by atoms with Crippen LogP contribution in [0.15, 0.2) is 0 Å². The molecule has 0 aliphatic rings. The quantitative estimate of drug-likeness (QED) is 0.427. The van der Waals surface area contributed by atoms with Crippen molar-refractivity contribution < 1.29 is 14.3 Å². The summed E-state index contributed by atoms with van der Waals surface area (Å²) >= 11 is 0. The van der Waals surface area contributed by atoms with Crippen molar-refractivity contribution in [2.45, 2.75) is 25.8 Å². The van der Waals surface area contributed by atoms with Crippen molar-refractivity contribution in [2.75, 3.05) is 6.54 Å². The fraction of sp³-hybridized carbons (Fsp3) is 0.714. The lowest BCUT2D eigenvalue weighted by atomic mass is 10.3. The van der Waals surface area contributed by atoms with E-state index in [1.54, 1.807) is 0 Å². The second-order valence-corrected chi connectivity index (χ2v) is 2.47. The van der Waals surface area contributed by atoms with E-state index in [9.17, 15) is 9.59 Å². The Morgan fingerprint density at radius 1 is 1.50 bits per heavy atom. The molecule has 0 spiro atoms. The molecule has 0 radical (unpaired) electrons. The maximum Gasteiger partial charge on any atom is 0.330 e. The van der Waals surface area contributed by atoms with Crippen LogP contribution >= 0.6 is 0 Å². The second kappa shape index (κ2) is 5.68. The Morgan fingerprint density at radius 3 is 2.50 bits per heavy atom. The summed E-state index contributed by atoms with van der Waals surface area (Å²) in [7, 11) is 0. The average Bonchev–Trinajstić information content (AvgIpc) is 2.00. The molecular formula is C7H14N2O3. The molecule has 0 aromatic carbocycles. The minimum Gasteiger partial charge on any atom is -0.392 e. The van der Waals surface area contributed by atoms with Gasteiger partial charge in [0.05, 0.1) is 0 Å². The summed E-state index contributed by atoms with van der Waals surface area (Å²) in [6.07, 6.45) is 0.681. The molecule has 0 saturated carbocycles. The summed E-state index contributed by atoms with van der Waals surface area (Å²) in [5.41, 5.74) is 10.3. The van der Waals surface area contributed by atoms with E-state index in [1.165, 1.54) is 6.92 Å². The van der Waals surface area contributed by atoms with Gasteiger partial charge in [-0.25, -0.2) is 4.79 Å². The van der Waals surface area contributed by atoms with Crippen LogP contribution in [0.3, 0.4) is 0 Å². The number of ether oxygens (including phenoxy) is 1. The van der Waals surface area contributed by atoms with E-state index in [1.807, 2.05) is 0 Å². The number of nitrogens with two attached hydrogens (primary N) is 2. The first-order valence-corrected chi connectivity index (χ1v) is 3.78. The number of hydrogen-bond donors (Lipinski definition) is 2. The molecule has 0 unspecified atom stereocenters. The molecule has 0 saturated heterocycles. The minimum atomic E-state index is -0.758. The molecular weight excluding hydrogens is 160 g/mol. The molecule has 0 amide bonds. The number of carbonyl (C=O) groups excluding carboxylic acids is 2. The highest BCUT2D eigenvalue weighted by molar-refractivity contribution is 5.87. The zero-order valence-electron chi connectivity index (χ0n) is 7.08. The first-order chi connectivity index (χ1) is 5.57. The van der Waals surface area contributed by atoms with Gasteiger partial charge in [0.2, 0.25) is 0 Å². The lowest BCUT2D eigenvalue weighted by Gasteiger charge is -2.03. The Morgan fingerprint density at radius 2 is 2.08 bits per heavy atom. The van der Waals surface area contributed by atoms with Crippen LogP contribution < -0.4 is 11.5 Å². The molecule has 1 atom stereocenters. The Bertz CT molecular complexity index is 168. The predicted molar refractivity (Wildman–Crippen MR) is 43.0 cm³/mol. The molecule has 0 aliphatic carbocycles. The van der Waals surface area contributed by atoms with E-state index >= 15 is 0 Å². The third-order valence-corrected chi connectivity index (χ3v) is 1.17. The second-order valence-electron chi connectivity index (χ2n) is 2.47. The van der Waals surface area contributed by atoms with Gasteiger partial charge in [0, 0.05) is 6.42 Å². The first kappa shape index (κ1) is 11.1. The number of carbonyl (C=O) groups is 2. The Hall–Kier alpha value is -0.940. The van der Waals surface area contributed by atoms with Crippen LogP contribution in [0.1, 0.15) is 19.8 Å². The normalized spacial score (nSPS) is 12.2. The van der Waals surface area contributed by atoms with Crippen molar-refractivity contribution in [3.8, 4) is 0 Å². The van der Waals surface area contributed by atoms with Gasteiger partial charge >= 0.3 is 11.9 Å². The van der Waals surface area contributed by atoms with Crippen molar-refractivity contribution in [1.82, 2.24) is 0 Å². The van der Waals surface area contributed by atoms with Crippen molar-refractivity contribution in [3.63, 3.8) is 0 Å². The molecule has 5 heteroatoms. The summed E-state index contributed by atoms with van der Waals surface area (Å²) in [5, 5.41) is 0. The zero-order valence-corrected chi connectivity index (χ0v) is 7.08. The molecule has 0 aromatic heterocycles. The number of hydrogen-bond acceptors (Lipinski definition) is 5. The van der Waals surface area contributed by atoms with Crippen molar-refractivity contribution in [3.05, 3.63) is 0 Å². The van der Waals surface area contributed by atoms with E-state index < -0.39 is 18.0 Å². The minimum absolute atomic E-state index is 0.162. The molecule has 0 fully saturated rings. The number of rotatable bonds is 4. The van der Waals surface area contributed by atoms with Gasteiger partial charge in [-0.15, -0.1) is 0 Å². The largest absolute Gasteiger partial charge is 0.392 e. The average molecular weight is 174 g/mol. The highest BCUT2D eigenvalue weighted by Gasteiger charge is 2.13. The Labute approximate surface area is 71.0 Å². The van der Waals surface area contributed by atoms with Crippen LogP contribution in [0, 0.1) is 0 Å². The Kier molecular flexibility index (Phi) is 5.23. The van der Waals surface area contributed by atoms with Crippen LogP contribution in [-0.4, -0.2) is 24.5 Å². The van der Waals surface area contributed by atoms with Crippen LogP contribution in [-0.2, 0) is 14.3 Å². The maximum atomic E-state index is 10.8. The summed E-state index contributed by atoms with van der Waals surface area (Å²) in [6, 6.07) is -0.758. The lowest BCUT2D eigenvalue weighted by molar-refractivity contribution is -0.160. The monoisotopic (exact) mass is 174 g/mol. The van der Waals surface area contributed by atoms with E-state index in [0.717, 1.165) is 0 Å². The molecule has 4 N–H and O–H groups in total. The smallest absolute Gasteiger partial charge is 0.330 e. The van der Waals surface area contributed by atoms with Gasteiger partial charge in [-0.2, -0.15) is 0 Å². The van der Waals surface area contributed by atoms with Crippen molar-refractivity contribution in [1.29, 1.82) is 0 Å². The topological polar surface area (TPSA) is 95.4 Å². The highest BCUT2D eigenvalue weighted by Crippen LogP contribution is 1.93. The van der Waals surface area contributed by atoms with Crippen LogP contribution in [0.25, 0.3) is 0 Å². The van der Waals surface area contributed by atoms with Gasteiger partial charge in [-0.05, 0) is 19.9 Å². The first-order valence-electron chi connectivity index (χ1n) is 3.78. The summed E-state index contributed by atoms with van der Waals surface area (Å²) < 4.78 is 4.36. The molecule has 12 heavy (non-hydrogen) atoms. The molecule has 0 aliphatic heterocycles. The molecule has 0 aromatic rings. The Balaban J connectivity index is 3.62. The molecule has 0 rings (SSSR count). The molecule has 0 bridgehead atoms. The number of esters is 2. The highest BCUT2D eigenvalue weighted by atomic mass is 16.6. The molecule has 5 nitrogen and oxygen atoms in total. The standard InChI is InChI=1S/C7H14N2O3/c1-5(9)7(11)12-6(10)3-2-4-8/h5H,2-4,8-9H2,1H3/t5-/m0/s1. The maximum absolute atomic E-state index is 10.8. The fourth-order valence-corrected chi connectivity index (χ4v) is 0.503. The fourth-order valence-electron chi connectivity index (χ4n) is 0.503. The van der Waals surface area contributed by atoms with Crippen LogP contribution in [0.2, 0.25) is 0 Å². The van der Waals surface area contributed by atoms with E-state index in [4.69, 9.17) is 11.5 Å². The van der Waals surface area contributed by atoms with E-state index in [-0.39, 0.29) is 6.42 Å². The van der Waals surface area contributed by atoms with Crippen LogP contribution in [0.4, 0.5) is 0 Å². The van der Waals surface area contributed by atoms with Gasteiger partial charge in [-0.3, -0.25) is 4.79 Å². The SMILES string of the molecule is C[C@H](N)C(=O)OC(=O)CCCN. The van der Waals surface area contributed by atoms with Crippen molar-refractivity contribution in [2.24, 2.45) is 11.5 Å². The van der Waals surface area contributed by atoms with E-state index in [2.05, 4.69) is 4.74 Å². The van der Waals surface area contributed by atoms with Gasteiger partial charge in [0.1, 0.15) is 6.04 Å². The lowest BCUT2D eigenvalue weighted by Crippen LogP contribution is -2.30.